The summed E-state index contributed by atoms with van der Waals surface area (Å²) < 4.78 is 37.3. The molecule has 140 valence electrons. The number of hydrogen-bond acceptors (Lipinski definition) is 6. The van der Waals surface area contributed by atoms with Crippen LogP contribution in [0.5, 0.6) is 11.5 Å². The lowest BCUT2D eigenvalue weighted by Gasteiger charge is -2.15. The summed E-state index contributed by atoms with van der Waals surface area (Å²) in [6.45, 7) is -0.519. The minimum atomic E-state index is -4.10. The Labute approximate surface area is 151 Å². The molecule has 0 saturated carbocycles. The van der Waals surface area contributed by atoms with E-state index in [-0.39, 0.29) is 23.6 Å². The molecule has 0 aromatic heterocycles. The van der Waals surface area contributed by atoms with Gasteiger partial charge in [-0.05, 0) is 24.3 Å². The summed E-state index contributed by atoms with van der Waals surface area (Å²) in [5, 5.41) is 19.0. The number of benzene rings is 2. The number of aliphatic hydroxyl groups excluding tert-OH is 1. The number of carboxylic acid groups (broad SMARTS) is 1. The van der Waals surface area contributed by atoms with E-state index in [1.807, 2.05) is 0 Å². The van der Waals surface area contributed by atoms with Crippen LogP contribution in [0.2, 0.25) is 0 Å². The van der Waals surface area contributed by atoms with Crippen LogP contribution in [-0.4, -0.2) is 51.0 Å². The van der Waals surface area contributed by atoms with E-state index in [4.69, 9.17) is 14.6 Å². The summed E-state index contributed by atoms with van der Waals surface area (Å²) in [6.07, 6.45) is -1.15. The average molecular weight is 381 g/mol. The topological polar surface area (TPSA) is 122 Å². The first-order valence-electron chi connectivity index (χ1n) is 7.61. The molecule has 0 aliphatic carbocycles. The van der Waals surface area contributed by atoms with Gasteiger partial charge in [-0.15, -0.1) is 0 Å². The van der Waals surface area contributed by atoms with Gasteiger partial charge in [-0.1, -0.05) is 24.3 Å². The van der Waals surface area contributed by atoms with Crippen LogP contribution < -0.4 is 14.2 Å². The van der Waals surface area contributed by atoms with Crippen molar-refractivity contribution in [3.63, 3.8) is 0 Å². The minimum absolute atomic E-state index is 0.177. The number of nitrogens with one attached hydrogen (secondary N) is 1. The number of para-hydroxylation sites is 2. The van der Waals surface area contributed by atoms with Crippen molar-refractivity contribution in [2.75, 3.05) is 20.3 Å². The molecule has 0 fully saturated rings. The van der Waals surface area contributed by atoms with Crippen LogP contribution in [0.4, 0.5) is 0 Å². The number of aliphatic hydroxyl groups is 1. The number of methoxy groups -OCH3 is 1. The molecule has 9 heteroatoms. The van der Waals surface area contributed by atoms with Gasteiger partial charge in [-0.3, -0.25) is 0 Å². The smallest absolute Gasteiger partial charge is 0.337 e. The van der Waals surface area contributed by atoms with E-state index in [1.165, 1.54) is 31.4 Å². The monoisotopic (exact) mass is 381 g/mol. The van der Waals surface area contributed by atoms with Crippen molar-refractivity contribution < 1.29 is 32.9 Å². The van der Waals surface area contributed by atoms with E-state index < -0.39 is 22.1 Å². The molecule has 0 aliphatic heterocycles. The number of sulfonamides is 1. The Morgan fingerprint density at radius 2 is 1.73 bits per heavy atom. The van der Waals surface area contributed by atoms with Gasteiger partial charge in [0, 0.05) is 6.54 Å². The second kappa shape index (κ2) is 8.65. The molecular formula is C17H19NO7S. The molecule has 2 rings (SSSR count). The van der Waals surface area contributed by atoms with Gasteiger partial charge in [0.1, 0.15) is 12.7 Å². The molecule has 0 saturated heterocycles. The van der Waals surface area contributed by atoms with Gasteiger partial charge in [0.2, 0.25) is 10.0 Å². The van der Waals surface area contributed by atoms with Crippen LogP contribution >= 0.6 is 0 Å². The molecule has 1 unspecified atom stereocenters. The third kappa shape index (κ3) is 4.94. The average Bonchev–Trinajstić information content (AvgIpc) is 2.65. The van der Waals surface area contributed by atoms with Crippen molar-refractivity contribution in [3.8, 4) is 11.5 Å². The van der Waals surface area contributed by atoms with Crippen LogP contribution in [0.1, 0.15) is 10.4 Å². The summed E-state index contributed by atoms with van der Waals surface area (Å²) in [4.78, 5) is 10.8. The fourth-order valence-corrected chi connectivity index (χ4v) is 3.41. The van der Waals surface area contributed by atoms with Gasteiger partial charge in [0.15, 0.2) is 11.5 Å². The van der Waals surface area contributed by atoms with Crippen LogP contribution in [0.3, 0.4) is 0 Å². The molecule has 3 N–H and O–H groups in total. The molecule has 2 aromatic rings. The second-order valence-corrected chi connectivity index (χ2v) is 7.00. The maximum atomic E-state index is 12.3. The Kier molecular flexibility index (Phi) is 6.56. The lowest BCUT2D eigenvalue weighted by Crippen LogP contribution is -2.35. The number of carboxylic acids is 1. The van der Waals surface area contributed by atoms with Crippen molar-refractivity contribution in [2.45, 2.75) is 11.0 Å². The first kappa shape index (κ1) is 19.7. The van der Waals surface area contributed by atoms with Crippen molar-refractivity contribution in [1.82, 2.24) is 4.72 Å². The Bertz CT molecular complexity index is 867. The zero-order valence-corrected chi connectivity index (χ0v) is 14.8. The molecule has 0 amide bonds. The Balaban J connectivity index is 1.98. The molecular weight excluding hydrogens is 362 g/mol. The molecule has 0 aliphatic rings. The number of rotatable bonds is 9. The molecule has 26 heavy (non-hydrogen) atoms. The maximum absolute atomic E-state index is 12.3. The van der Waals surface area contributed by atoms with Crippen LogP contribution in [0.15, 0.2) is 53.4 Å². The van der Waals surface area contributed by atoms with Crippen LogP contribution in [-0.2, 0) is 10.0 Å². The fourth-order valence-electron chi connectivity index (χ4n) is 2.14. The van der Waals surface area contributed by atoms with Gasteiger partial charge in [0.25, 0.3) is 0 Å². The minimum Gasteiger partial charge on any atom is -0.493 e. The summed E-state index contributed by atoms with van der Waals surface area (Å²) in [7, 11) is -2.62. The van der Waals surface area contributed by atoms with Gasteiger partial charge < -0.3 is 19.7 Å². The van der Waals surface area contributed by atoms with E-state index in [1.54, 1.807) is 24.3 Å². The Morgan fingerprint density at radius 1 is 1.12 bits per heavy atom. The second-order valence-electron chi connectivity index (χ2n) is 5.27. The number of aromatic carboxylic acids is 1. The highest BCUT2D eigenvalue weighted by Crippen LogP contribution is 2.25. The van der Waals surface area contributed by atoms with E-state index in [9.17, 15) is 18.3 Å². The third-order valence-electron chi connectivity index (χ3n) is 3.42. The third-order valence-corrected chi connectivity index (χ3v) is 4.90. The SMILES string of the molecule is COc1ccccc1OCC(O)CNS(=O)(=O)c1ccccc1C(=O)O. The first-order valence-corrected chi connectivity index (χ1v) is 9.09. The lowest BCUT2D eigenvalue weighted by atomic mass is 10.2. The molecule has 8 nitrogen and oxygen atoms in total. The zero-order valence-electron chi connectivity index (χ0n) is 14.0. The highest BCUT2D eigenvalue weighted by molar-refractivity contribution is 7.89. The molecule has 0 bridgehead atoms. The van der Waals surface area contributed by atoms with E-state index in [0.717, 1.165) is 0 Å². The van der Waals surface area contributed by atoms with Crippen molar-refractivity contribution >= 4 is 16.0 Å². The van der Waals surface area contributed by atoms with Gasteiger partial charge in [-0.2, -0.15) is 0 Å². The van der Waals surface area contributed by atoms with Crippen molar-refractivity contribution in [1.29, 1.82) is 0 Å². The number of ether oxygens (including phenoxy) is 2. The quantitative estimate of drug-likeness (QED) is 0.595. The molecule has 2 aromatic carbocycles. The lowest BCUT2D eigenvalue weighted by molar-refractivity contribution is 0.0692. The molecule has 0 heterocycles. The summed E-state index contributed by atoms with van der Waals surface area (Å²) in [5.74, 6) is -0.463. The normalized spacial score (nSPS) is 12.4. The fraction of sp³-hybridized carbons (Fsp3) is 0.235. The summed E-state index contributed by atoms with van der Waals surface area (Å²) in [6, 6.07) is 12.1. The van der Waals surface area contributed by atoms with E-state index in [2.05, 4.69) is 4.72 Å². The van der Waals surface area contributed by atoms with E-state index >= 15 is 0 Å². The Hall–Kier alpha value is -2.62. The molecule has 0 spiro atoms. The van der Waals surface area contributed by atoms with Crippen molar-refractivity contribution in [2.24, 2.45) is 0 Å². The predicted molar refractivity (Wildman–Crippen MR) is 93.1 cm³/mol. The van der Waals surface area contributed by atoms with Crippen LogP contribution in [0, 0.1) is 0 Å². The van der Waals surface area contributed by atoms with Gasteiger partial charge in [0.05, 0.1) is 17.6 Å². The molecule has 0 radical (unpaired) electrons. The standard InChI is InChI=1S/C17H19NO7S/c1-24-14-7-3-4-8-15(14)25-11-12(19)10-18-26(22,23)16-9-5-2-6-13(16)17(20)21/h2-9,12,18-19H,10-11H2,1H3,(H,20,21). The highest BCUT2D eigenvalue weighted by Gasteiger charge is 2.22. The predicted octanol–water partition coefficient (Wildman–Crippen LogP) is 1.11. The summed E-state index contributed by atoms with van der Waals surface area (Å²) >= 11 is 0. The van der Waals surface area contributed by atoms with Gasteiger partial charge >= 0.3 is 5.97 Å². The highest BCUT2D eigenvalue weighted by atomic mass is 32.2. The number of carbonyl (C=O) groups is 1. The molecule has 1 atom stereocenters. The van der Waals surface area contributed by atoms with E-state index in [0.29, 0.717) is 11.5 Å². The van der Waals surface area contributed by atoms with Gasteiger partial charge in [-0.25, -0.2) is 17.9 Å². The Morgan fingerprint density at radius 3 is 2.38 bits per heavy atom. The maximum Gasteiger partial charge on any atom is 0.337 e. The zero-order chi connectivity index (χ0) is 19.2. The largest absolute Gasteiger partial charge is 0.493 e. The van der Waals surface area contributed by atoms with Crippen LogP contribution in [0.25, 0.3) is 0 Å². The first-order chi connectivity index (χ1) is 12.3. The van der Waals surface area contributed by atoms with Crippen molar-refractivity contribution in [3.05, 3.63) is 54.1 Å². The summed E-state index contributed by atoms with van der Waals surface area (Å²) in [5.41, 5.74) is -0.347. The number of hydrogen-bond donors (Lipinski definition) is 3.